The molecule has 0 radical (unpaired) electrons. The summed E-state index contributed by atoms with van der Waals surface area (Å²) in [6, 6.07) is 0. The maximum atomic E-state index is 4.82. The highest BCUT2D eigenvalue weighted by molar-refractivity contribution is 5.46. The summed E-state index contributed by atoms with van der Waals surface area (Å²) in [7, 11) is 0. The van der Waals surface area contributed by atoms with E-state index in [9.17, 15) is 0 Å². The van der Waals surface area contributed by atoms with Crippen LogP contribution in [0.15, 0.2) is 0 Å². The molecule has 2 rings (SSSR count). The van der Waals surface area contributed by atoms with Crippen LogP contribution < -0.4 is 5.32 Å². The van der Waals surface area contributed by atoms with Crippen LogP contribution >= 0.6 is 0 Å². The van der Waals surface area contributed by atoms with Gasteiger partial charge in [-0.25, -0.2) is 9.97 Å². The zero-order chi connectivity index (χ0) is 13.8. The average Bonchev–Trinajstić information content (AvgIpc) is 2.84. The fourth-order valence-corrected chi connectivity index (χ4v) is 2.97. The summed E-state index contributed by atoms with van der Waals surface area (Å²) in [4.78, 5) is 9.64. The van der Waals surface area contributed by atoms with Crippen LogP contribution in [0.3, 0.4) is 0 Å². The molecule has 1 heterocycles. The minimum atomic E-state index is 0.572. The van der Waals surface area contributed by atoms with Crippen LogP contribution in [0, 0.1) is 12.8 Å². The Morgan fingerprint density at radius 2 is 2.00 bits per heavy atom. The number of nitrogens with one attached hydrogen (secondary N) is 1. The predicted molar refractivity (Wildman–Crippen MR) is 80.7 cm³/mol. The van der Waals surface area contributed by atoms with Crippen LogP contribution in [0.4, 0.5) is 5.82 Å². The lowest BCUT2D eigenvalue weighted by Gasteiger charge is -2.16. The molecule has 0 saturated heterocycles. The van der Waals surface area contributed by atoms with Crippen molar-refractivity contribution >= 4 is 5.82 Å². The normalized spacial score (nSPS) is 22.7. The van der Waals surface area contributed by atoms with E-state index in [0.717, 1.165) is 36.9 Å². The maximum absolute atomic E-state index is 4.82. The molecule has 1 aliphatic rings. The first-order valence-corrected chi connectivity index (χ1v) is 7.76. The molecular weight excluding hydrogens is 234 g/mol. The summed E-state index contributed by atoms with van der Waals surface area (Å²) in [5, 5.41) is 3.46. The lowest BCUT2D eigenvalue weighted by Crippen LogP contribution is -2.12. The maximum Gasteiger partial charge on any atom is 0.134 e. The molecule has 1 aliphatic carbocycles. The van der Waals surface area contributed by atoms with Gasteiger partial charge in [-0.2, -0.15) is 0 Å². The van der Waals surface area contributed by atoms with Gasteiger partial charge in [0.25, 0.3) is 0 Å². The van der Waals surface area contributed by atoms with E-state index < -0.39 is 0 Å². The molecule has 0 amide bonds. The van der Waals surface area contributed by atoms with Crippen LogP contribution in [0.25, 0.3) is 0 Å². The minimum absolute atomic E-state index is 0.572. The summed E-state index contributed by atoms with van der Waals surface area (Å²) >= 11 is 0. The predicted octanol–water partition coefficient (Wildman–Crippen LogP) is 4.07. The SMILES string of the molecule is CCCNc1nc(C2CCC(C)C2)nc(CC)c1C. The van der Waals surface area contributed by atoms with Crippen molar-refractivity contribution in [2.75, 3.05) is 11.9 Å². The van der Waals surface area contributed by atoms with E-state index in [1.807, 2.05) is 0 Å². The first-order chi connectivity index (χ1) is 9.15. The monoisotopic (exact) mass is 261 g/mol. The molecule has 1 fully saturated rings. The second kappa shape index (κ2) is 6.36. The third-order valence-electron chi connectivity index (χ3n) is 4.20. The topological polar surface area (TPSA) is 37.8 Å². The zero-order valence-corrected chi connectivity index (χ0v) is 12.8. The molecule has 1 aromatic heterocycles. The first-order valence-electron chi connectivity index (χ1n) is 7.76. The van der Waals surface area contributed by atoms with Crippen molar-refractivity contribution in [2.45, 2.75) is 65.7 Å². The highest BCUT2D eigenvalue weighted by atomic mass is 15.0. The van der Waals surface area contributed by atoms with Crippen LogP contribution in [-0.4, -0.2) is 16.5 Å². The Labute approximate surface area is 117 Å². The standard InChI is InChI=1S/C16H27N3/c1-5-9-17-15-12(4)14(6-2)18-16(19-15)13-8-7-11(3)10-13/h11,13H,5-10H2,1-4H3,(H,17,18,19). The van der Waals surface area contributed by atoms with Gasteiger partial charge in [-0.3, -0.25) is 0 Å². The van der Waals surface area contributed by atoms with Gasteiger partial charge < -0.3 is 5.32 Å². The molecule has 1 aromatic rings. The lowest BCUT2D eigenvalue weighted by molar-refractivity contribution is 0.583. The largest absolute Gasteiger partial charge is 0.370 e. The van der Waals surface area contributed by atoms with Crippen LogP contribution in [0.2, 0.25) is 0 Å². The summed E-state index contributed by atoms with van der Waals surface area (Å²) < 4.78 is 0. The van der Waals surface area contributed by atoms with Crippen molar-refractivity contribution < 1.29 is 0 Å². The highest BCUT2D eigenvalue weighted by Gasteiger charge is 2.26. The van der Waals surface area contributed by atoms with E-state index in [0.29, 0.717) is 5.92 Å². The number of hydrogen-bond acceptors (Lipinski definition) is 3. The van der Waals surface area contributed by atoms with Gasteiger partial charge in [0.15, 0.2) is 0 Å². The molecule has 3 heteroatoms. The molecule has 0 aromatic carbocycles. The van der Waals surface area contributed by atoms with Gasteiger partial charge in [0.05, 0.1) is 0 Å². The molecule has 0 bridgehead atoms. The number of aryl methyl sites for hydroxylation is 1. The smallest absolute Gasteiger partial charge is 0.134 e. The number of nitrogens with zero attached hydrogens (tertiary/aromatic N) is 2. The Kier molecular flexibility index (Phi) is 4.78. The molecule has 2 atom stereocenters. The summed E-state index contributed by atoms with van der Waals surface area (Å²) in [5.74, 6) is 3.53. The van der Waals surface area contributed by atoms with Gasteiger partial charge in [-0.15, -0.1) is 0 Å². The lowest BCUT2D eigenvalue weighted by atomic mass is 10.0. The Hall–Kier alpha value is -1.12. The Bertz CT molecular complexity index is 428. The van der Waals surface area contributed by atoms with Crippen molar-refractivity contribution in [3.63, 3.8) is 0 Å². The van der Waals surface area contributed by atoms with E-state index in [4.69, 9.17) is 9.97 Å². The van der Waals surface area contributed by atoms with Crippen LogP contribution in [-0.2, 0) is 6.42 Å². The van der Waals surface area contributed by atoms with Gasteiger partial charge in [0.1, 0.15) is 11.6 Å². The third-order valence-corrected chi connectivity index (χ3v) is 4.20. The number of rotatable bonds is 5. The number of aromatic nitrogens is 2. The Balaban J connectivity index is 2.28. The van der Waals surface area contributed by atoms with E-state index in [2.05, 4.69) is 33.0 Å². The Morgan fingerprint density at radius 1 is 1.21 bits per heavy atom. The molecule has 106 valence electrons. The molecule has 3 nitrogen and oxygen atoms in total. The van der Waals surface area contributed by atoms with Crippen molar-refractivity contribution in [2.24, 2.45) is 5.92 Å². The highest BCUT2D eigenvalue weighted by Crippen LogP contribution is 2.37. The second-order valence-corrected chi connectivity index (χ2v) is 5.90. The quantitative estimate of drug-likeness (QED) is 0.868. The number of anilines is 1. The molecule has 0 spiro atoms. The number of hydrogen-bond donors (Lipinski definition) is 1. The molecular formula is C16H27N3. The van der Waals surface area contributed by atoms with Crippen molar-refractivity contribution in [3.8, 4) is 0 Å². The van der Waals surface area contributed by atoms with Crippen molar-refractivity contribution in [1.29, 1.82) is 0 Å². The summed E-state index contributed by atoms with van der Waals surface area (Å²) in [6.07, 6.45) is 5.94. The van der Waals surface area contributed by atoms with Gasteiger partial charge >= 0.3 is 0 Å². The third kappa shape index (κ3) is 3.26. The van der Waals surface area contributed by atoms with Crippen LogP contribution in [0.5, 0.6) is 0 Å². The fraction of sp³-hybridized carbons (Fsp3) is 0.750. The van der Waals surface area contributed by atoms with Crippen LogP contribution in [0.1, 0.15) is 69.5 Å². The van der Waals surface area contributed by atoms with E-state index in [1.54, 1.807) is 0 Å². The summed E-state index contributed by atoms with van der Waals surface area (Å²) in [5.41, 5.74) is 2.44. The fourth-order valence-electron chi connectivity index (χ4n) is 2.97. The molecule has 1 saturated carbocycles. The first kappa shape index (κ1) is 14.3. The Morgan fingerprint density at radius 3 is 2.58 bits per heavy atom. The van der Waals surface area contributed by atoms with Gasteiger partial charge in [-0.1, -0.05) is 20.8 Å². The van der Waals surface area contributed by atoms with Crippen molar-refractivity contribution in [3.05, 3.63) is 17.1 Å². The second-order valence-electron chi connectivity index (χ2n) is 5.90. The minimum Gasteiger partial charge on any atom is -0.370 e. The van der Waals surface area contributed by atoms with E-state index >= 15 is 0 Å². The van der Waals surface area contributed by atoms with Gasteiger partial charge in [0.2, 0.25) is 0 Å². The molecule has 0 aliphatic heterocycles. The van der Waals surface area contributed by atoms with Crippen molar-refractivity contribution in [1.82, 2.24) is 9.97 Å². The molecule has 2 unspecified atom stereocenters. The zero-order valence-electron chi connectivity index (χ0n) is 12.8. The van der Waals surface area contributed by atoms with E-state index in [1.165, 1.54) is 30.5 Å². The van der Waals surface area contributed by atoms with E-state index in [-0.39, 0.29) is 0 Å². The van der Waals surface area contributed by atoms with Gasteiger partial charge in [0, 0.05) is 23.7 Å². The summed E-state index contributed by atoms with van der Waals surface area (Å²) in [6.45, 7) is 9.83. The van der Waals surface area contributed by atoms with Gasteiger partial charge in [-0.05, 0) is 44.9 Å². The molecule has 19 heavy (non-hydrogen) atoms. The molecule has 1 N–H and O–H groups in total. The average molecular weight is 261 g/mol.